The number of anilines is 1. The predicted octanol–water partition coefficient (Wildman–Crippen LogP) is 4.33. The molecular formula is C21H24BrFN2O4S. The van der Waals surface area contributed by atoms with Crippen LogP contribution in [-0.4, -0.2) is 38.3 Å². The Bertz CT molecular complexity index is 1050. The van der Waals surface area contributed by atoms with Gasteiger partial charge >= 0.3 is 0 Å². The number of nitrogens with one attached hydrogen (secondary N) is 1. The van der Waals surface area contributed by atoms with Crippen LogP contribution >= 0.6 is 15.9 Å². The molecule has 1 aliphatic rings. The summed E-state index contributed by atoms with van der Waals surface area (Å²) in [5.74, 6) is -0.855. The number of rotatable bonds is 6. The topological polar surface area (TPSA) is 75.7 Å². The largest absolute Gasteiger partial charge is 0.494 e. The van der Waals surface area contributed by atoms with Crippen molar-refractivity contribution in [3.05, 3.63) is 52.3 Å². The number of piperidine rings is 1. The van der Waals surface area contributed by atoms with E-state index in [4.69, 9.17) is 4.74 Å². The minimum atomic E-state index is -3.75. The quantitative estimate of drug-likeness (QED) is 0.642. The van der Waals surface area contributed by atoms with E-state index in [2.05, 4.69) is 21.2 Å². The lowest BCUT2D eigenvalue weighted by Crippen LogP contribution is -2.43. The first-order valence-electron chi connectivity index (χ1n) is 9.72. The SMILES string of the molecule is CCOc1ccc(S(=O)(=O)N2CCC[C@@H](C(=O)Nc3ccc(Br)cc3F)C2)cc1C. The number of carbonyl (C=O) groups is 1. The number of amides is 1. The van der Waals surface area contributed by atoms with Crippen LogP contribution in [0.3, 0.4) is 0 Å². The van der Waals surface area contributed by atoms with Crippen molar-refractivity contribution in [2.24, 2.45) is 5.92 Å². The van der Waals surface area contributed by atoms with Crippen LogP contribution < -0.4 is 10.1 Å². The van der Waals surface area contributed by atoms with Crippen LogP contribution in [0.1, 0.15) is 25.3 Å². The third-order valence-corrected chi connectivity index (χ3v) is 7.38. The summed E-state index contributed by atoms with van der Waals surface area (Å²) in [7, 11) is -3.75. The molecule has 30 heavy (non-hydrogen) atoms. The van der Waals surface area contributed by atoms with Gasteiger partial charge in [0.05, 0.1) is 23.1 Å². The molecule has 6 nitrogen and oxygen atoms in total. The van der Waals surface area contributed by atoms with E-state index in [0.717, 1.165) is 5.56 Å². The number of nitrogens with zero attached hydrogens (tertiary/aromatic N) is 1. The van der Waals surface area contributed by atoms with Crippen LogP contribution in [-0.2, 0) is 14.8 Å². The normalized spacial score (nSPS) is 17.5. The molecule has 0 aromatic heterocycles. The van der Waals surface area contributed by atoms with Crippen LogP contribution in [0, 0.1) is 18.7 Å². The van der Waals surface area contributed by atoms with Gasteiger partial charge in [-0.1, -0.05) is 15.9 Å². The first-order chi connectivity index (χ1) is 14.2. The highest BCUT2D eigenvalue weighted by atomic mass is 79.9. The van der Waals surface area contributed by atoms with Gasteiger partial charge in [0, 0.05) is 17.6 Å². The van der Waals surface area contributed by atoms with Crippen molar-refractivity contribution >= 4 is 37.5 Å². The first kappa shape index (κ1) is 22.7. The van der Waals surface area contributed by atoms with Gasteiger partial charge in [0.15, 0.2) is 0 Å². The van der Waals surface area contributed by atoms with Crippen molar-refractivity contribution in [3.8, 4) is 5.75 Å². The summed E-state index contributed by atoms with van der Waals surface area (Å²) in [5.41, 5.74) is 0.806. The van der Waals surface area contributed by atoms with Crippen molar-refractivity contribution in [1.82, 2.24) is 4.31 Å². The Morgan fingerprint density at radius 1 is 1.30 bits per heavy atom. The zero-order chi connectivity index (χ0) is 21.9. The second kappa shape index (κ2) is 9.45. The highest BCUT2D eigenvalue weighted by Crippen LogP contribution is 2.28. The van der Waals surface area contributed by atoms with Gasteiger partial charge in [-0.2, -0.15) is 4.31 Å². The predicted molar refractivity (Wildman–Crippen MR) is 117 cm³/mol. The minimum Gasteiger partial charge on any atom is -0.494 e. The van der Waals surface area contributed by atoms with Crippen LogP contribution in [0.15, 0.2) is 45.8 Å². The summed E-state index contributed by atoms with van der Waals surface area (Å²) < 4.78 is 47.6. The van der Waals surface area contributed by atoms with Crippen molar-refractivity contribution in [2.45, 2.75) is 31.6 Å². The molecule has 0 radical (unpaired) electrons. The Balaban J connectivity index is 1.74. The molecule has 0 saturated carbocycles. The van der Waals surface area contributed by atoms with Gasteiger partial charge < -0.3 is 10.1 Å². The summed E-state index contributed by atoms with van der Waals surface area (Å²) in [6, 6.07) is 9.12. The van der Waals surface area contributed by atoms with Crippen LogP contribution in [0.4, 0.5) is 10.1 Å². The molecule has 1 fully saturated rings. The molecule has 0 spiro atoms. The molecule has 1 aliphatic heterocycles. The zero-order valence-corrected chi connectivity index (χ0v) is 19.2. The third-order valence-electron chi connectivity index (χ3n) is 5.03. The third kappa shape index (κ3) is 5.01. The maximum absolute atomic E-state index is 14.0. The fraction of sp³-hybridized carbons (Fsp3) is 0.381. The molecule has 1 N–H and O–H groups in total. The Labute approximate surface area is 184 Å². The lowest BCUT2D eigenvalue weighted by Gasteiger charge is -2.31. The number of sulfonamides is 1. The van der Waals surface area contributed by atoms with Gasteiger partial charge in [0.25, 0.3) is 0 Å². The number of hydrogen-bond donors (Lipinski definition) is 1. The molecule has 1 heterocycles. The van der Waals surface area contributed by atoms with Crippen LogP contribution in [0.2, 0.25) is 0 Å². The maximum Gasteiger partial charge on any atom is 0.243 e. The van der Waals surface area contributed by atoms with Crippen molar-refractivity contribution in [2.75, 3.05) is 25.0 Å². The number of ether oxygens (including phenoxy) is 1. The molecule has 0 aliphatic carbocycles. The molecule has 1 amide bonds. The van der Waals surface area contributed by atoms with Crippen molar-refractivity contribution < 1.29 is 22.3 Å². The van der Waals surface area contributed by atoms with Crippen molar-refractivity contribution in [1.29, 1.82) is 0 Å². The monoisotopic (exact) mass is 498 g/mol. The number of halogens is 2. The highest BCUT2D eigenvalue weighted by molar-refractivity contribution is 9.10. The average molecular weight is 499 g/mol. The summed E-state index contributed by atoms with van der Waals surface area (Å²) in [6.07, 6.45) is 1.09. The van der Waals surface area contributed by atoms with Gasteiger partial charge in [-0.25, -0.2) is 12.8 Å². The van der Waals surface area contributed by atoms with E-state index in [1.165, 1.54) is 22.5 Å². The smallest absolute Gasteiger partial charge is 0.243 e. The molecule has 162 valence electrons. The fourth-order valence-electron chi connectivity index (χ4n) is 3.45. The fourth-order valence-corrected chi connectivity index (χ4v) is 5.39. The first-order valence-corrected chi connectivity index (χ1v) is 11.9. The maximum atomic E-state index is 14.0. The highest BCUT2D eigenvalue weighted by Gasteiger charge is 2.33. The zero-order valence-electron chi connectivity index (χ0n) is 16.8. The van der Waals surface area contributed by atoms with E-state index in [1.54, 1.807) is 25.1 Å². The number of benzene rings is 2. The van der Waals surface area contributed by atoms with Gasteiger partial charge in [-0.3, -0.25) is 4.79 Å². The molecular weight excluding hydrogens is 475 g/mol. The lowest BCUT2D eigenvalue weighted by molar-refractivity contribution is -0.120. The molecule has 1 saturated heterocycles. The number of aryl methyl sites for hydroxylation is 1. The summed E-state index contributed by atoms with van der Waals surface area (Å²) in [5, 5.41) is 2.58. The lowest BCUT2D eigenvalue weighted by atomic mass is 9.98. The molecule has 3 rings (SSSR count). The molecule has 0 unspecified atom stereocenters. The number of hydrogen-bond acceptors (Lipinski definition) is 4. The van der Waals surface area contributed by atoms with E-state index in [1.807, 2.05) is 6.92 Å². The molecule has 2 aromatic carbocycles. The standard InChI is InChI=1S/C21H24BrFN2O4S/c1-3-29-20-9-7-17(11-14(20)2)30(27,28)25-10-4-5-15(13-25)21(26)24-19-8-6-16(22)12-18(19)23/h6-9,11-12,15H,3-5,10,13H2,1-2H3,(H,24,26)/t15-/m1/s1. The second-order valence-corrected chi connectivity index (χ2v) is 10.0. The molecule has 0 bridgehead atoms. The van der Waals surface area contributed by atoms with Gasteiger partial charge in [-0.05, 0) is 68.7 Å². The van der Waals surface area contributed by atoms with E-state index < -0.39 is 21.8 Å². The Hall–Kier alpha value is -1.97. The second-order valence-electron chi connectivity index (χ2n) is 7.18. The Morgan fingerprint density at radius 3 is 2.73 bits per heavy atom. The summed E-state index contributed by atoms with van der Waals surface area (Å²) in [4.78, 5) is 12.8. The van der Waals surface area contributed by atoms with E-state index in [0.29, 0.717) is 36.2 Å². The minimum absolute atomic E-state index is 0.0541. The number of carbonyl (C=O) groups excluding carboxylic acids is 1. The van der Waals surface area contributed by atoms with Crippen molar-refractivity contribution in [3.63, 3.8) is 0 Å². The molecule has 9 heteroatoms. The van der Waals surface area contributed by atoms with Gasteiger partial charge in [-0.15, -0.1) is 0 Å². The molecule has 2 aromatic rings. The van der Waals surface area contributed by atoms with Crippen LogP contribution in [0.5, 0.6) is 5.75 Å². The summed E-state index contributed by atoms with van der Waals surface area (Å²) in [6.45, 7) is 4.55. The van der Waals surface area contributed by atoms with Gasteiger partial charge in [0.1, 0.15) is 11.6 Å². The average Bonchev–Trinajstić information content (AvgIpc) is 2.71. The van der Waals surface area contributed by atoms with E-state index in [-0.39, 0.29) is 23.0 Å². The summed E-state index contributed by atoms with van der Waals surface area (Å²) >= 11 is 3.18. The van der Waals surface area contributed by atoms with Gasteiger partial charge in [0.2, 0.25) is 15.9 Å². The molecule has 1 atom stereocenters. The Morgan fingerprint density at radius 2 is 2.07 bits per heavy atom. The van der Waals surface area contributed by atoms with E-state index in [9.17, 15) is 17.6 Å². The van der Waals surface area contributed by atoms with Crippen LogP contribution in [0.25, 0.3) is 0 Å². The van der Waals surface area contributed by atoms with E-state index >= 15 is 0 Å². The Kier molecular flexibility index (Phi) is 7.15.